The lowest BCUT2D eigenvalue weighted by Crippen LogP contribution is -2.49. The van der Waals surface area contributed by atoms with Gasteiger partial charge in [0.25, 0.3) is 5.91 Å². The number of sulfonamides is 1. The van der Waals surface area contributed by atoms with E-state index in [1.54, 1.807) is 46.8 Å². The number of halogens is 1. The first-order valence-corrected chi connectivity index (χ1v) is 17.8. The first-order valence-electron chi connectivity index (χ1n) is 15.6. The van der Waals surface area contributed by atoms with Gasteiger partial charge < -0.3 is 10.1 Å². The minimum absolute atomic E-state index is 0.0501. The van der Waals surface area contributed by atoms with Gasteiger partial charge in [0.15, 0.2) is 0 Å². The Hall–Kier alpha value is -4.28. The SMILES string of the molecule is O=C(Nc1ccc(S(=O)(=O)N2CCN(C(c3ccccc3)c3ccccc3)CC2)cc1)c1ccc(OCCc2ccccc2)c(Br)c1. The molecule has 1 saturated heterocycles. The Kier molecular flexibility index (Phi) is 10.5. The fourth-order valence-corrected chi connectivity index (χ4v) is 7.75. The van der Waals surface area contributed by atoms with Crippen molar-refractivity contribution in [1.29, 1.82) is 0 Å². The smallest absolute Gasteiger partial charge is 0.255 e. The van der Waals surface area contributed by atoms with Crippen molar-refractivity contribution in [1.82, 2.24) is 9.21 Å². The molecule has 1 heterocycles. The van der Waals surface area contributed by atoms with E-state index < -0.39 is 10.0 Å². The Bertz CT molecular complexity index is 1840. The molecule has 5 aromatic carbocycles. The molecule has 0 aliphatic carbocycles. The summed E-state index contributed by atoms with van der Waals surface area (Å²) in [4.78, 5) is 15.5. The third kappa shape index (κ3) is 8.00. The van der Waals surface area contributed by atoms with Crippen LogP contribution in [0.5, 0.6) is 5.75 Å². The van der Waals surface area contributed by atoms with Crippen molar-refractivity contribution in [2.45, 2.75) is 17.4 Å². The van der Waals surface area contributed by atoms with Gasteiger partial charge in [-0.15, -0.1) is 0 Å². The predicted octanol–water partition coefficient (Wildman–Crippen LogP) is 7.42. The zero-order valence-electron chi connectivity index (χ0n) is 25.8. The van der Waals surface area contributed by atoms with Crippen LogP contribution in [0, 0.1) is 0 Å². The van der Waals surface area contributed by atoms with Crippen molar-refractivity contribution in [2.24, 2.45) is 0 Å². The summed E-state index contributed by atoms with van der Waals surface area (Å²) >= 11 is 3.51. The number of hydrogen-bond donors (Lipinski definition) is 1. The molecule has 0 aromatic heterocycles. The van der Waals surface area contributed by atoms with Crippen molar-refractivity contribution < 1.29 is 17.9 Å². The molecule has 0 spiro atoms. The van der Waals surface area contributed by atoms with E-state index in [0.717, 1.165) is 6.42 Å². The van der Waals surface area contributed by atoms with E-state index in [0.29, 0.717) is 54.3 Å². The molecule has 0 atom stereocenters. The van der Waals surface area contributed by atoms with E-state index in [-0.39, 0.29) is 16.8 Å². The summed E-state index contributed by atoms with van der Waals surface area (Å²) in [5, 5.41) is 2.86. The molecule has 1 aliphatic rings. The Morgan fingerprint density at radius 1 is 0.745 bits per heavy atom. The molecule has 5 aromatic rings. The Morgan fingerprint density at radius 3 is 1.89 bits per heavy atom. The maximum atomic E-state index is 13.6. The lowest BCUT2D eigenvalue weighted by atomic mass is 9.96. The number of rotatable bonds is 11. The first-order chi connectivity index (χ1) is 22.9. The van der Waals surface area contributed by atoms with Crippen LogP contribution >= 0.6 is 15.9 Å². The monoisotopic (exact) mass is 709 g/mol. The van der Waals surface area contributed by atoms with Gasteiger partial charge in [0.05, 0.1) is 22.0 Å². The van der Waals surface area contributed by atoms with Gasteiger partial charge in [0.2, 0.25) is 10.0 Å². The summed E-state index contributed by atoms with van der Waals surface area (Å²) in [5.41, 5.74) is 4.51. The quantitative estimate of drug-likeness (QED) is 0.155. The summed E-state index contributed by atoms with van der Waals surface area (Å²) < 4.78 is 35.3. The van der Waals surface area contributed by atoms with Crippen LogP contribution in [0.4, 0.5) is 5.69 Å². The van der Waals surface area contributed by atoms with E-state index in [4.69, 9.17) is 4.74 Å². The minimum Gasteiger partial charge on any atom is -0.492 e. The van der Waals surface area contributed by atoms with Crippen molar-refractivity contribution in [3.63, 3.8) is 0 Å². The fourth-order valence-electron chi connectivity index (χ4n) is 5.83. The lowest BCUT2D eigenvalue weighted by Gasteiger charge is -2.39. The molecular formula is C38H36BrN3O4S. The largest absolute Gasteiger partial charge is 0.492 e. The van der Waals surface area contributed by atoms with E-state index in [1.807, 2.05) is 54.6 Å². The molecule has 47 heavy (non-hydrogen) atoms. The van der Waals surface area contributed by atoms with Crippen LogP contribution in [0.25, 0.3) is 0 Å². The second-order valence-corrected chi connectivity index (χ2v) is 14.2. The molecule has 0 bridgehead atoms. The van der Waals surface area contributed by atoms with Crippen LogP contribution in [0.15, 0.2) is 143 Å². The number of hydrogen-bond acceptors (Lipinski definition) is 5. The van der Waals surface area contributed by atoms with Crippen LogP contribution in [-0.4, -0.2) is 56.3 Å². The molecule has 0 radical (unpaired) electrons. The molecule has 240 valence electrons. The normalized spacial score (nSPS) is 14.2. The fraction of sp³-hybridized carbons (Fsp3) is 0.184. The zero-order chi connectivity index (χ0) is 32.6. The van der Waals surface area contributed by atoms with Gasteiger partial charge >= 0.3 is 0 Å². The molecule has 1 N–H and O–H groups in total. The van der Waals surface area contributed by atoms with Gasteiger partial charge in [-0.1, -0.05) is 91.0 Å². The predicted molar refractivity (Wildman–Crippen MR) is 189 cm³/mol. The molecule has 0 unspecified atom stereocenters. The van der Waals surface area contributed by atoms with Crippen LogP contribution in [0.3, 0.4) is 0 Å². The van der Waals surface area contributed by atoms with E-state index >= 15 is 0 Å². The topological polar surface area (TPSA) is 79.0 Å². The summed E-state index contributed by atoms with van der Waals surface area (Å²) in [6.07, 6.45) is 0.778. The highest BCUT2D eigenvalue weighted by molar-refractivity contribution is 9.10. The summed E-state index contributed by atoms with van der Waals surface area (Å²) in [6, 6.07) is 42.3. The average molecular weight is 711 g/mol. The number of ether oxygens (including phenoxy) is 1. The van der Waals surface area contributed by atoms with Crippen molar-refractivity contribution >= 4 is 37.5 Å². The highest BCUT2D eigenvalue weighted by Crippen LogP contribution is 2.31. The van der Waals surface area contributed by atoms with Crippen molar-refractivity contribution in [2.75, 3.05) is 38.1 Å². The third-order valence-electron chi connectivity index (χ3n) is 8.30. The molecule has 1 amide bonds. The highest BCUT2D eigenvalue weighted by atomic mass is 79.9. The number of carbonyl (C=O) groups is 1. The summed E-state index contributed by atoms with van der Waals surface area (Å²) in [7, 11) is -3.70. The van der Waals surface area contributed by atoms with Gasteiger partial charge in [0, 0.05) is 43.9 Å². The maximum Gasteiger partial charge on any atom is 0.255 e. The summed E-state index contributed by atoms with van der Waals surface area (Å²) in [6.45, 7) is 2.50. The molecule has 0 saturated carbocycles. The van der Waals surface area contributed by atoms with Crippen LogP contribution in [-0.2, 0) is 16.4 Å². The Balaban J connectivity index is 1.05. The standard InChI is InChI=1S/C38H36BrN3O4S/c39-35-28-32(16-21-36(35)46-27-22-29-10-4-1-5-11-29)38(43)40-33-17-19-34(20-18-33)47(44,45)42-25-23-41(24-26-42)37(30-12-6-2-7-13-30)31-14-8-3-9-15-31/h1-21,28,37H,22-27H2,(H,40,43). The van der Waals surface area contributed by atoms with E-state index in [9.17, 15) is 13.2 Å². The van der Waals surface area contributed by atoms with Gasteiger partial charge in [-0.05, 0) is 75.1 Å². The maximum absolute atomic E-state index is 13.6. The number of nitrogens with one attached hydrogen (secondary N) is 1. The first kappa shape index (κ1) is 32.7. The second kappa shape index (κ2) is 15.1. The molecule has 9 heteroatoms. The Morgan fingerprint density at radius 2 is 1.32 bits per heavy atom. The van der Waals surface area contributed by atoms with E-state index in [1.165, 1.54) is 16.7 Å². The van der Waals surface area contributed by atoms with Crippen LogP contribution in [0.2, 0.25) is 0 Å². The van der Waals surface area contributed by atoms with Crippen molar-refractivity contribution in [3.05, 3.63) is 160 Å². The van der Waals surface area contributed by atoms with Crippen LogP contribution < -0.4 is 10.1 Å². The second-order valence-electron chi connectivity index (χ2n) is 11.4. The minimum atomic E-state index is -3.70. The highest BCUT2D eigenvalue weighted by Gasteiger charge is 2.32. The third-order valence-corrected chi connectivity index (χ3v) is 10.8. The molecule has 7 nitrogen and oxygen atoms in total. The van der Waals surface area contributed by atoms with Gasteiger partial charge in [-0.3, -0.25) is 9.69 Å². The molecular weight excluding hydrogens is 674 g/mol. The number of nitrogens with zero attached hydrogens (tertiary/aromatic N) is 2. The average Bonchev–Trinajstić information content (AvgIpc) is 3.11. The molecule has 1 fully saturated rings. The number of benzene rings is 5. The van der Waals surface area contributed by atoms with Gasteiger partial charge in [-0.25, -0.2) is 8.42 Å². The van der Waals surface area contributed by atoms with Crippen molar-refractivity contribution in [3.8, 4) is 5.75 Å². The Labute approximate surface area is 285 Å². The zero-order valence-corrected chi connectivity index (χ0v) is 28.2. The lowest BCUT2D eigenvalue weighted by molar-refractivity contribution is 0.102. The molecule has 6 rings (SSSR count). The molecule has 1 aliphatic heterocycles. The number of piperazine rings is 1. The van der Waals surface area contributed by atoms with Gasteiger partial charge in [0.1, 0.15) is 5.75 Å². The van der Waals surface area contributed by atoms with Crippen LogP contribution in [0.1, 0.15) is 33.1 Å². The number of carbonyl (C=O) groups excluding carboxylic acids is 1. The number of anilines is 1. The van der Waals surface area contributed by atoms with E-state index in [2.05, 4.69) is 62.5 Å². The summed E-state index contributed by atoms with van der Waals surface area (Å²) in [5.74, 6) is 0.350. The number of amides is 1. The van der Waals surface area contributed by atoms with Gasteiger partial charge in [-0.2, -0.15) is 4.31 Å².